The monoisotopic (exact) mass is 442 g/mol. The van der Waals surface area contributed by atoms with Gasteiger partial charge in [-0.2, -0.15) is 0 Å². The van der Waals surface area contributed by atoms with Crippen molar-refractivity contribution >= 4 is 43.5 Å². The van der Waals surface area contributed by atoms with Crippen LogP contribution >= 0.6 is 43.5 Å². The van der Waals surface area contributed by atoms with Crippen LogP contribution in [0.15, 0.2) is 12.2 Å². The Kier molecular flexibility index (Phi) is 3.57. The van der Waals surface area contributed by atoms with Gasteiger partial charge >= 0.3 is 0 Å². The van der Waals surface area contributed by atoms with E-state index in [1.54, 1.807) is 0 Å². The lowest BCUT2D eigenvalue weighted by atomic mass is 9.48. The van der Waals surface area contributed by atoms with E-state index in [0.29, 0.717) is 12.0 Å². The van der Waals surface area contributed by atoms with Crippen molar-refractivity contribution in [3.05, 3.63) is 12.2 Å². The summed E-state index contributed by atoms with van der Waals surface area (Å²) in [6.07, 6.45) is -0.865. The summed E-state index contributed by atoms with van der Waals surface area (Å²) >= 11 is 14.0. The van der Waals surface area contributed by atoms with Crippen LogP contribution in [0.5, 0.6) is 0 Å². The summed E-state index contributed by atoms with van der Waals surface area (Å²) < 4.78 is 5.27. The van der Waals surface area contributed by atoms with Crippen molar-refractivity contribution in [2.45, 2.75) is 66.1 Å². The van der Waals surface area contributed by atoms with Crippen molar-refractivity contribution in [1.82, 2.24) is 0 Å². The molecule has 3 unspecified atom stereocenters. The maximum absolute atomic E-state index is 10.5. The Labute approximate surface area is 147 Å². The van der Waals surface area contributed by atoms with E-state index < -0.39 is 32.4 Å². The van der Waals surface area contributed by atoms with Gasteiger partial charge in [0.05, 0.1) is 11.0 Å². The average Bonchev–Trinajstić information content (AvgIpc) is 2.50. The minimum atomic E-state index is -1.05. The second kappa shape index (κ2) is 4.48. The molecule has 6 heteroatoms. The molecule has 21 heavy (non-hydrogen) atoms. The molecule has 3 nitrogen and oxygen atoms in total. The highest BCUT2D eigenvalue weighted by Crippen LogP contribution is 2.73. The highest BCUT2D eigenvalue weighted by molar-refractivity contribution is 9.10. The van der Waals surface area contributed by atoms with Crippen LogP contribution in [0.4, 0.5) is 0 Å². The molecule has 1 aliphatic heterocycles. The molecular weight excluding hydrogens is 423 g/mol. The standard InChI is InChI=1S/C15H21Br2ClO3/c1-7-10(19)11(20)15(17)12(2,3)14(7)5-8(16)13(4,18)6-9(14)21-15/h8-11,19-20H,1,5-6H2,2-4H3/t8?,9?,10-,11+,13?,14-,15-/m0/s1. The molecule has 7 atom stereocenters. The normalized spacial score (nSPS) is 59.0. The molecule has 0 aromatic carbocycles. The Morgan fingerprint density at radius 1 is 1.29 bits per heavy atom. The summed E-state index contributed by atoms with van der Waals surface area (Å²) in [5.41, 5.74) is -0.175. The van der Waals surface area contributed by atoms with Gasteiger partial charge in [-0.3, -0.25) is 0 Å². The largest absolute Gasteiger partial charge is 0.386 e. The lowest BCUT2D eigenvalue weighted by molar-refractivity contribution is -0.126. The van der Waals surface area contributed by atoms with Crippen LogP contribution in [0, 0.1) is 10.8 Å². The zero-order valence-corrected chi connectivity index (χ0v) is 16.3. The second-order valence-corrected chi connectivity index (χ2v) is 10.6. The molecule has 3 fully saturated rings. The fourth-order valence-electron chi connectivity index (χ4n) is 4.59. The van der Waals surface area contributed by atoms with Gasteiger partial charge in [-0.1, -0.05) is 52.3 Å². The van der Waals surface area contributed by atoms with E-state index >= 15 is 0 Å². The highest BCUT2D eigenvalue weighted by atomic mass is 79.9. The minimum Gasteiger partial charge on any atom is -0.386 e. The van der Waals surface area contributed by atoms with E-state index in [1.807, 2.05) is 6.92 Å². The molecule has 0 radical (unpaired) electrons. The summed E-state index contributed by atoms with van der Waals surface area (Å²) in [6.45, 7) is 10.3. The van der Waals surface area contributed by atoms with Crippen LogP contribution in [0.3, 0.4) is 0 Å². The predicted molar refractivity (Wildman–Crippen MR) is 90.1 cm³/mol. The van der Waals surface area contributed by atoms with Crippen molar-refractivity contribution in [3.63, 3.8) is 0 Å². The molecule has 2 bridgehead atoms. The molecule has 3 aliphatic rings. The zero-order chi connectivity index (χ0) is 16.0. The summed E-state index contributed by atoms with van der Waals surface area (Å²) in [7, 11) is 0. The molecule has 3 rings (SSSR count). The van der Waals surface area contributed by atoms with Crippen LogP contribution in [0.1, 0.15) is 33.6 Å². The quantitative estimate of drug-likeness (QED) is 0.445. The van der Waals surface area contributed by atoms with Crippen LogP contribution in [-0.4, -0.2) is 42.7 Å². The Morgan fingerprint density at radius 2 is 1.86 bits per heavy atom. The van der Waals surface area contributed by atoms with Gasteiger partial charge in [0.2, 0.25) is 0 Å². The van der Waals surface area contributed by atoms with Crippen LogP contribution in [0.25, 0.3) is 0 Å². The number of ether oxygens (including phenoxy) is 1. The predicted octanol–water partition coefficient (Wildman–Crippen LogP) is 3.34. The topological polar surface area (TPSA) is 49.7 Å². The van der Waals surface area contributed by atoms with Crippen molar-refractivity contribution in [1.29, 1.82) is 0 Å². The van der Waals surface area contributed by atoms with Crippen LogP contribution < -0.4 is 0 Å². The molecule has 0 aromatic heterocycles. The second-order valence-electron chi connectivity index (χ2n) is 7.42. The SMILES string of the molecule is C=C1[C@H](O)[C@@H](O)[C@]2(Br)OC3CC(C)(Cl)C(Br)C[C@]13C2(C)C. The number of fused-ring (bicyclic) bond motifs is 1. The number of alkyl halides is 3. The van der Waals surface area contributed by atoms with E-state index in [1.165, 1.54) is 0 Å². The molecule has 120 valence electrons. The van der Waals surface area contributed by atoms with E-state index in [-0.39, 0.29) is 10.9 Å². The van der Waals surface area contributed by atoms with E-state index in [2.05, 4.69) is 52.3 Å². The maximum atomic E-state index is 10.5. The third-order valence-corrected chi connectivity index (χ3v) is 9.84. The Bertz CT molecular complexity index is 509. The Hall–Kier alpha value is 0.870. The van der Waals surface area contributed by atoms with Gasteiger partial charge in [0, 0.05) is 15.7 Å². The summed E-state index contributed by atoms with van der Waals surface area (Å²) in [6, 6.07) is 0. The first-order valence-electron chi connectivity index (χ1n) is 7.17. The fourth-order valence-corrected chi connectivity index (χ4v) is 6.33. The van der Waals surface area contributed by atoms with Gasteiger partial charge in [-0.15, -0.1) is 11.6 Å². The number of halogens is 3. The Balaban J connectivity index is 2.19. The molecular formula is C15H21Br2ClO3. The molecule has 2 N–H and O–H groups in total. The fraction of sp³-hybridized carbons (Fsp3) is 0.867. The van der Waals surface area contributed by atoms with Gasteiger partial charge in [0.15, 0.2) is 4.51 Å². The van der Waals surface area contributed by atoms with E-state index in [4.69, 9.17) is 16.3 Å². The molecule has 0 aromatic rings. The third kappa shape index (κ3) is 1.71. The summed E-state index contributed by atoms with van der Waals surface area (Å²) in [4.78, 5) is -0.344. The van der Waals surface area contributed by atoms with Crippen molar-refractivity contribution in [3.8, 4) is 0 Å². The van der Waals surface area contributed by atoms with Gasteiger partial charge < -0.3 is 14.9 Å². The van der Waals surface area contributed by atoms with Crippen LogP contribution in [-0.2, 0) is 4.74 Å². The lowest BCUT2D eigenvalue weighted by Gasteiger charge is -2.58. The number of hydrogen-bond acceptors (Lipinski definition) is 3. The van der Waals surface area contributed by atoms with Gasteiger partial charge in [0.1, 0.15) is 12.2 Å². The lowest BCUT2D eigenvalue weighted by Crippen LogP contribution is -2.64. The van der Waals surface area contributed by atoms with Gasteiger partial charge in [-0.25, -0.2) is 0 Å². The molecule has 1 heterocycles. The van der Waals surface area contributed by atoms with Crippen molar-refractivity contribution < 1.29 is 14.9 Å². The van der Waals surface area contributed by atoms with Crippen LogP contribution in [0.2, 0.25) is 0 Å². The third-order valence-electron chi connectivity index (χ3n) is 6.18. The van der Waals surface area contributed by atoms with Gasteiger partial charge in [-0.05, 0) is 25.3 Å². The first-order valence-corrected chi connectivity index (χ1v) is 9.25. The molecule has 0 amide bonds. The molecule has 1 saturated heterocycles. The first-order chi connectivity index (χ1) is 9.42. The summed E-state index contributed by atoms with van der Waals surface area (Å²) in [5, 5.41) is 21.0. The number of hydrogen-bond donors (Lipinski definition) is 2. The van der Waals surface area contributed by atoms with E-state index in [9.17, 15) is 10.2 Å². The smallest absolute Gasteiger partial charge is 0.157 e. The maximum Gasteiger partial charge on any atom is 0.157 e. The molecule has 1 spiro atoms. The average molecular weight is 445 g/mol. The molecule has 2 saturated carbocycles. The van der Waals surface area contributed by atoms with Gasteiger partial charge in [0.25, 0.3) is 0 Å². The summed E-state index contributed by atoms with van der Waals surface area (Å²) in [5.74, 6) is 0. The minimum absolute atomic E-state index is 0.0832. The first kappa shape index (κ1) is 16.7. The zero-order valence-electron chi connectivity index (χ0n) is 12.4. The highest BCUT2D eigenvalue weighted by Gasteiger charge is 2.77. The van der Waals surface area contributed by atoms with E-state index in [0.717, 1.165) is 6.42 Å². The Morgan fingerprint density at radius 3 is 2.43 bits per heavy atom. The number of aliphatic hydroxyl groups excluding tert-OH is 2. The van der Waals surface area contributed by atoms with Crippen molar-refractivity contribution in [2.24, 2.45) is 10.8 Å². The van der Waals surface area contributed by atoms with Crippen molar-refractivity contribution in [2.75, 3.05) is 0 Å². The number of rotatable bonds is 0. The molecule has 2 aliphatic carbocycles. The number of aliphatic hydroxyl groups is 2.